The Morgan fingerprint density at radius 1 is 1.45 bits per heavy atom. The molecule has 0 radical (unpaired) electrons. The average molecular weight is 320 g/mol. The lowest BCUT2D eigenvalue weighted by Gasteiger charge is -2.14. The number of carbonyl (C=O) groups is 1. The van der Waals surface area contributed by atoms with Crippen molar-refractivity contribution in [3.8, 4) is 6.07 Å². The highest BCUT2D eigenvalue weighted by molar-refractivity contribution is 6.17. The van der Waals surface area contributed by atoms with Crippen LogP contribution in [0.25, 0.3) is 0 Å². The molecule has 4 nitrogen and oxygen atoms in total. The van der Waals surface area contributed by atoms with E-state index in [0.717, 1.165) is 12.1 Å². The summed E-state index contributed by atoms with van der Waals surface area (Å²) in [6, 6.07) is 9.82. The molecule has 5 heteroatoms. The van der Waals surface area contributed by atoms with Crippen molar-refractivity contribution in [1.29, 1.82) is 5.26 Å². The maximum absolute atomic E-state index is 11.9. The van der Waals surface area contributed by atoms with E-state index >= 15 is 0 Å². The molecular formula is C17H22ClN3O. The molecule has 0 saturated heterocycles. The van der Waals surface area contributed by atoms with Crippen molar-refractivity contribution in [2.45, 2.75) is 32.6 Å². The molecule has 1 aromatic carbocycles. The van der Waals surface area contributed by atoms with Crippen LogP contribution in [0.3, 0.4) is 0 Å². The number of hydrogen-bond donors (Lipinski definition) is 2. The summed E-state index contributed by atoms with van der Waals surface area (Å²) in [7, 11) is 0. The van der Waals surface area contributed by atoms with Crippen molar-refractivity contribution in [2.75, 3.05) is 17.7 Å². The van der Waals surface area contributed by atoms with Crippen molar-refractivity contribution in [3.05, 3.63) is 41.6 Å². The van der Waals surface area contributed by atoms with Crippen molar-refractivity contribution in [1.82, 2.24) is 5.32 Å². The molecule has 0 fully saturated rings. The summed E-state index contributed by atoms with van der Waals surface area (Å²) in [5.74, 6) is 0.494. The number of alkyl halides is 1. The monoisotopic (exact) mass is 319 g/mol. The van der Waals surface area contributed by atoms with E-state index < -0.39 is 0 Å². The number of carbonyl (C=O) groups excluding carboxylic acids is 1. The minimum Gasteiger partial charge on any atom is -0.360 e. The lowest BCUT2D eigenvalue weighted by molar-refractivity contribution is -0.117. The number of rotatable bonds is 8. The van der Waals surface area contributed by atoms with E-state index in [9.17, 15) is 4.79 Å². The number of halogens is 1. The normalized spacial score (nSPS) is 12.4. The molecule has 1 amide bonds. The Morgan fingerprint density at radius 2 is 2.18 bits per heavy atom. The van der Waals surface area contributed by atoms with Gasteiger partial charge in [-0.15, -0.1) is 11.6 Å². The van der Waals surface area contributed by atoms with Crippen LogP contribution >= 0.6 is 11.6 Å². The molecule has 118 valence electrons. The number of nitrogens with one attached hydrogen (secondary N) is 2. The van der Waals surface area contributed by atoms with Crippen LogP contribution in [0.2, 0.25) is 0 Å². The Balaban J connectivity index is 2.81. The second kappa shape index (κ2) is 9.86. The van der Waals surface area contributed by atoms with Crippen molar-refractivity contribution < 1.29 is 4.79 Å². The number of anilines is 1. The van der Waals surface area contributed by atoms with Gasteiger partial charge < -0.3 is 10.6 Å². The summed E-state index contributed by atoms with van der Waals surface area (Å²) in [5, 5.41) is 14.9. The summed E-state index contributed by atoms with van der Waals surface area (Å²) >= 11 is 5.56. The van der Waals surface area contributed by atoms with E-state index in [-0.39, 0.29) is 11.5 Å². The number of nitriles is 1. The number of hydrogen-bond acceptors (Lipinski definition) is 3. The second-order valence-corrected chi connectivity index (χ2v) is 5.39. The summed E-state index contributed by atoms with van der Waals surface area (Å²) in [6.07, 6.45) is 3.15. The van der Waals surface area contributed by atoms with Crippen LogP contribution < -0.4 is 10.6 Å². The highest BCUT2D eigenvalue weighted by atomic mass is 35.5. The van der Waals surface area contributed by atoms with E-state index in [2.05, 4.69) is 30.5 Å². The van der Waals surface area contributed by atoms with Gasteiger partial charge in [-0.25, -0.2) is 0 Å². The van der Waals surface area contributed by atoms with Gasteiger partial charge in [0.05, 0.1) is 0 Å². The number of nitrogens with zero attached hydrogens (tertiary/aromatic N) is 1. The maximum Gasteiger partial charge on any atom is 0.263 e. The summed E-state index contributed by atoms with van der Waals surface area (Å²) in [5.41, 5.74) is 2.13. The SMILES string of the molecule is CCC(C)c1ccccc1N/C=C(/C#N)C(=O)NCCCCl. The zero-order valence-corrected chi connectivity index (χ0v) is 13.8. The van der Waals surface area contributed by atoms with Crippen LogP contribution in [0.1, 0.15) is 38.2 Å². The molecule has 0 bridgehead atoms. The zero-order chi connectivity index (χ0) is 16.4. The molecule has 2 N–H and O–H groups in total. The summed E-state index contributed by atoms with van der Waals surface area (Å²) in [4.78, 5) is 11.9. The minimum absolute atomic E-state index is 0.0496. The minimum atomic E-state index is -0.388. The summed E-state index contributed by atoms with van der Waals surface area (Å²) in [6.45, 7) is 4.74. The smallest absolute Gasteiger partial charge is 0.263 e. The Kier molecular flexibility index (Phi) is 8.09. The second-order valence-electron chi connectivity index (χ2n) is 5.01. The number of para-hydroxylation sites is 1. The molecule has 0 aliphatic carbocycles. The fraction of sp³-hybridized carbons (Fsp3) is 0.412. The first-order chi connectivity index (χ1) is 10.6. The molecule has 0 saturated carbocycles. The first kappa shape index (κ1) is 18.1. The van der Waals surface area contributed by atoms with Gasteiger partial charge in [0.15, 0.2) is 0 Å². The predicted molar refractivity (Wildman–Crippen MR) is 90.8 cm³/mol. The van der Waals surface area contributed by atoms with Gasteiger partial charge in [-0.1, -0.05) is 32.0 Å². The Bertz CT molecular complexity index is 563. The third-order valence-corrected chi connectivity index (χ3v) is 3.70. The number of benzene rings is 1. The highest BCUT2D eigenvalue weighted by Crippen LogP contribution is 2.26. The molecule has 1 atom stereocenters. The van der Waals surface area contributed by atoms with E-state index in [0.29, 0.717) is 24.8 Å². The standard InChI is InChI=1S/C17H22ClN3O/c1-3-13(2)15-7-4-5-8-16(15)21-12-14(11-19)17(22)20-10-6-9-18/h4-5,7-8,12-13,21H,3,6,9-10H2,1-2H3,(H,20,22)/b14-12-. The van der Waals surface area contributed by atoms with Gasteiger partial charge in [0, 0.05) is 24.3 Å². The Hall–Kier alpha value is -1.99. The molecule has 0 aromatic heterocycles. The van der Waals surface area contributed by atoms with Gasteiger partial charge >= 0.3 is 0 Å². The van der Waals surface area contributed by atoms with Crippen molar-refractivity contribution in [3.63, 3.8) is 0 Å². The highest BCUT2D eigenvalue weighted by Gasteiger charge is 2.10. The van der Waals surface area contributed by atoms with Crippen LogP contribution in [0.4, 0.5) is 5.69 Å². The molecule has 0 spiro atoms. The lowest BCUT2D eigenvalue weighted by Crippen LogP contribution is -2.26. The van der Waals surface area contributed by atoms with Gasteiger partial charge in [0.25, 0.3) is 5.91 Å². The topological polar surface area (TPSA) is 64.9 Å². The molecule has 0 aliphatic rings. The van der Waals surface area contributed by atoms with Crippen LogP contribution in [0.5, 0.6) is 0 Å². The molecule has 22 heavy (non-hydrogen) atoms. The molecule has 0 aliphatic heterocycles. The fourth-order valence-electron chi connectivity index (χ4n) is 1.94. The van der Waals surface area contributed by atoms with Crippen molar-refractivity contribution in [2.24, 2.45) is 0 Å². The van der Waals surface area contributed by atoms with Crippen LogP contribution in [0, 0.1) is 11.3 Å². The number of amides is 1. The largest absolute Gasteiger partial charge is 0.360 e. The first-order valence-corrected chi connectivity index (χ1v) is 7.97. The van der Waals surface area contributed by atoms with E-state index in [1.807, 2.05) is 24.3 Å². The Labute approximate surface area is 137 Å². The van der Waals surface area contributed by atoms with Crippen LogP contribution in [0.15, 0.2) is 36.0 Å². The van der Waals surface area contributed by atoms with Crippen molar-refractivity contribution >= 4 is 23.2 Å². The van der Waals surface area contributed by atoms with Gasteiger partial charge in [-0.2, -0.15) is 5.26 Å². The molecule has 1 rings (SSSR count). The van der Waals surface area contributed by atoms with Crippen LogP contribution in [-0.4, -0.2) is 18.3 Å². The molecule has 1 unspecified atom stereocenters. The lowest BCUT2D eigenvalue weighted by atomic mass is 9.97. The van der Waals surface area contributed by atoms with Crippen LogP contribution in [-0.2, 0) is 4.79 Å². The summed E-state index contributed by atoms with van der Waals surface area (Å²) < 4.78 is 0. The van der Waals surface area contributed by atoms with Gasteiger partial charge in [-0.05, 0) is 30.4 Å². The quantitative estimate of drug-likeness (QED) is 0.332. The Morgan fingerprint density at radius 3 is 2.82 bits per heavy atom. The predicted octanol–water partition coefficient (Wildman–Crippen LogP) is 3.76. The van der Waals surface area contributed by atoms with Gasteiger partial charge in [0.2, 0.25) is 0 Å². The first-order valence-electron chi connectivity index (χ1n) is 7.43. The fourth-order valence-corrected chi connectivity index (χ4v) is 2.07. The third-order valence-electron chi connectivity index (χ3n) is 3.44. The van der Waals surface area contributed by atoms with E-state index in [1.165, 1.54) is 11.8 Å². The van der Waals surface area contributed by atoms with Gasteiger partial charge in [0.1, 0.15) is 11.6 Å². The molecule has 1 aromatic rings. The average Bonchev–Trinajstić information content (AvgIpc) is 2.55. The van der Waals surface area contributed by atoms with Gasteiger partial charge in [-0.3, -0.25) is 4.79 Å². The maximum atomic E-state index is 11.9. The third kappa shape index (κ3) is 5.42. The zero-order valence-electron chi connectivity index (χ0n) is 13.0. The molecule has 0 heterocycles. The van der Waals surface area contributed by atoms with E-state index in [1.54, 1.807) is 0 Å². The molecular weight excluding hydrogens is 298 g/mol. The van der Waals surface area contributed by atoms with E-state index in [4.69, 9.17) is 16.9 Å².